The van der Waals surface area contributed by atoms with Gasteiger partial charge in [-0.25, -0.2) is 0 Å². The van der Waals surface area contributed by atoms with E-state index in [1.165, 1.54) is 0 Å². The maximum absolute atomic E-state index is 9.72. The molecule has 0 saturated carbocycles. The van der Waals surface area contributed by atoms with Crippen LogP contribution in [0.15, 0.2) is 83.1 Å². The SMILES string of the molecule is COc1ccc(/C(=N\O)c2ccccc2/C(=N/O)c2ccc(OC)cc2)cc1. The van der Waals surface area contributed by atoms with E-state index >= 15 is 0 Å². The van der Waals surface area contributed by atoms with Gasteiger partial charge in [-0.2, -0.15) is 0 Å². The second kappa shape index (κ2) is 8.73. The highest BCUT2D eigenvalue weighted by molar-refractivity contribution is 6.22. The second-order valence-corrected chi connectivity index (χ2v) is 5.90. The highest BCUT2D eigenvalue weighted by atomic mass is 16.5. The number of hydrogen-bond donors (Lipinski definition) is 2. The topological polar surface area (TPSA) is 83.6 Å². The number of rotatable bonds is 6. The molecule has 0 bridgehead atoms. The average Bonchev–Trinajstić information content (AvgIpc) is 2.77. The quantitative estimate of drug-likeness (QED) is 0.384. The van der Waals surface area contributed by atoms with Gasteiger partial charge in [-0.1, -0.05) is 34.6 Å². The van der Waals surface area contributed by atoms with Gasteiger partial charge in [0.15, 0.2) is 0 Å². The summed E-state index contributed by atoms with van der Waals surface area (Å²) in [6.07, 6.45) is 0. The molecule has 3 aromatic rings. The summed E-state index contributed by atoms with van der Waals surface area (Å²) in [6, 6.07) is 21.6. The molecule has 0 aromatic heterocycles. The van der Waals surface area contributed by atoms with Crippen LogP contribution in [0.4, 0.5) is 0 Å². The van der Waals surface area contributed by atoms with Crippen LogP contribution in [0.2, 0.25) is 0 Å². The van der Waals surface area contributed by atoms with Gasteiger partial charge in [0.05, 0.1) is 14.2 Å². The molecule has 0 heterocycles. The van der Waals surface area contributed by atoms with Crippen LogP contribution in [0, 0.1) is 0 Å². The molecule has 142 valence electrons. The van der Waals surface area contributed by atoms with Gasteiger partial charge in [-0.3, -0.25) is 0 Å². The van der Waals surface area contributed by atoms with Crippen LogP contribution in [0.3, 0.4) is 0 Å². The lowest BCUT2D eigenvalue weighted by Crippen LogP contribution is -2.13. The van der Waals surface area contributed by atoms with Crippen molar-refractivity contribution in [3.8, 4) is 11.5 Å². The lowest BCUT2D eigenvalue weighted by atomic mass is 9.92. The van der Waals surface area contributed by atoms with Crippen molar-refractivity contribution in [1.29, 1.82) is 0 Å². The minimum atomic E-state index is 0.355. The number of oxime groups is 2. The molecule has 3 aromatic carbocycles. The van der Waals surface area contributed by atoms with Crippen LogP contribution in [0.5, 0.6) is 11.5 Å². The van der Waals surface area contributed by atoms with E-state index in [-0.39, 0.29) is 0 Å². The molecule has 0 amide bonds. The fourth-order valence-electron chi connectivity index (χ4n) is 2.93. The van der Waals surface area contributed by atoms with Gasteiger partial charge < -0.3 is 19.9 Å². The highest BCUT2D eigenvalue weighted by Crippen LogP contribution is 2.22. The molecular weight excluding hydrogens is 356 g/mol. The molecule has 0 radical (unpaired) electrons. The smallest absolute Gasteiger partial charge is 0.118 e. The third-order valence-electron chi connectivity index (χ3n) is 4.36. The van der Waals surface area contributed by atoms with Crippen molar-refractivity contribution in [2.24, 2.45) is 10.3 Å². The van der Waals surface area contributed by atoms with Crippen LogP contribution in [-0.4, -0.2) is 36.1 Å². The molecule has 0 aliphatic carbocycles. The lowest BCUT2D eigenvalue weighted by Gasteiger charge is -2.13. The summed E-state index contributed by atoms with van der Waals surface area (Å²) in [5, 5.41) is 26.4. The minimum Gasteiger partial charge on any atom is -0.497 e. The number of nitrogens with zero attached hydrogens (tertiary/aromatic N) is 2. The van der Waals surface area contributed by atoms with Crippen LogP contribution >= 0.6 is 0 Å². The van der Waals surface area contributed by atoms with Crippen molar-refractivity contribution < 1.29 is 19.9 Å². The standard InChI is InChI=1S/C22H20N2O4/c1-27-17-11-7-15(8-12-17)21(23-25)19-5-3-4-6-20(19)22(24-26)16-9-13-18(28-2)14-10-16/h3-14,25-26H,1-2H3/b23-21+,24-22+. The molecule has 0 saturated heterocycles. The van der Waals surface area contributed by atoms with E-state index in [1.54, 1.807) is 62.8 Å². The Bertz CT molecular complexity index is 911. The number of hydrogen-bond acceptors (Lipinski definition) is 6. The third-order valence-corrected chi connectivity index (χ3v) is 4.36. The van der Waals surface area contributed by atoms with Gasteiger partial charge in [0.2, 0.25) is 0 Å². The van der Waals surface area contributed by atoms with Crippen molar-refractivity contribution >= 4 is 11.4 Å². The molecule has 0 fully saturated rings. The number of ether oxygens (including phenoxy) is 2. The zero-order valence-electron chi connectivity index (χ0n) is 15.5. The van der Waals surface area contributed by atoms with E-state index in [1.807, 2.05) is 24.3 Å². The number of benzene rings is 3. The molecule has 6 heteroatoms. The number of methoxy groups -OCH3 is 2. The minimum absolute atomic E-state index is 0.355. The summed E-state index contributed by atoms with van der Waals surface area (Å²) < 4.78 is 10.4. The average molecular weight is 376 g/mol. The molecule has 0 spiro atoms. The zero-order valence-corrected chi connectivity index (χ0v) is 15.5. The summed E-state index contributed by atoms with van der Waals surface area (Å²) >= 11 is 0. The fourth-order valence-corrected chi connectivity index (χ4v) is 2.93. The van der Waals surface area contributed by atoms with Crippen molar-refractivity contribution in [1.82, 2.24) is 0 Å². The van der Waals surface area contributed by atoms with Crippen molar-refractivity contribution in [3.63, 3.8) is 0 Å². The molecule has 0 aliphatic heterocycles. The highest BCUT2D eigenvalue weighted by Gasteiger charge is 2.18. The van der Waals surface area contributed by atoms with Crippen molar-refractivity contribution in [3.05, 3.63) is 95.1 Å². The van der Waals surface area contributed by atoms with E-state index in [9.17, 15) is 10.4 Å². The van der Waals surface area contributed by atoms with E-state index in [2.05, 4.69) is 10.3 Å². The first kappa shape index (κ1) is 19.0. The first-order valence-corrected chi connectivity index (χ1v) is 8.54. The van der Waals surface area contributed by atoms with Gasteiger partial charge in [0.1, 0.15) is 22.9 Å². The Labute approximate surface area is 163 Å². The molecule has 6 nitrogen and oxygen atoms in total. The van der Waals surface area contributed by atoms with Gasteiger partial charge in [-0.15, -0.1) is 0 Å². The van der Waals surface area contributed by atoms with E-state index in [0.717, 1.165) is 0 Å². The maximum atomic E-state index is 9.72. The Morgan fingerprint density at radius 2 is 0.964 bits per heavy atom. The first-order chi connectivity index (χ1) is 13.7. The summed E-state index contributed by atoms with van der Waals surface area (Å²) in [7, 11) is 3.17. The monoisotopic (exact) mass is 376 g/mol. The van der Waals surface area contributed by atoms with Crippen LogP contribution in [0.25, 0.3) is 0 Å². The molecule has 0 atom stereocenters. The van der Waals surface area contributed by atoms with Gasteiger partial charge >= 0.3 is 0 Å². The Balaban J connectivity index is 2.07. The molecule has 3 rings (SSSR count). The Morgan fingerprint density at radius 3 is 1.25 bits per heavy atom. The Morgan fingerprint density at radius 1 is 0.607 bits per heavy atom. The molecule has 2 N–H and O–H groups in total. The van der Waals surface area contributed by atoms with E-state index in [4.69, 9.17) is 9.47 Å². The van der Waals surface area contributed by atoms with Crippen molar-refractivity contribution in [2.45, 2.75) is 0 Å². The third kappa shape index (κ3) is 3.81. The zero-order chi connectivity index (χ0) is 19.9. The van der Waals surface area contributed by atoms with Crippen molar-refractivity contribution in [2.75, 3.05) is 14.2 Å². The molecule has 0 unspecified atom stereocenters. The van der Waals surface area contributed by atoms with Gasteiger partial charge in [0.25, 0.3) is 0 Å². The predicted octanol–water partition coefficient (Wildman–Crippen LogP) is 4.16. The second-order valence-electron chi connectivity index (χ2n) is 5.90. The summed E-state index contributed by atoms with van der Waals surface area (Å²) in [4.78, 5) is 0. The predicted molar refractivity (Wildman–Crippen MR) is 107 cm³/mol. The summed E-state index contributed by atoms with van der Waals surface area (Å²) in [5.74, 6) is 1.40. The maximum Gasteiger partial charge on any atom is 0.118 e. The largest absolute Gasteiger partial charge is 0.497 e. The first-order valence-electron chi connectivity index (χ1n) is 8.54. The fraction of sp³-hybridized carbons (Fsp3) is 0.0909. The molecule has 28 heavy (non-hydrogen) atoms. The lowest BCUT2D eigenvalue weighted by molar-refractivity contribution is 0.318. The van der Waals surface area contributed by atoms with E-state index in [0.29, 0.717) is 45.2 Å². The summed E-state index contributed by atoms with van der Waals surface area (Å²) in [6.45, 7) is 0. The summed E-state index contributed by atoms with van der Waals surface area (Å²) in [5.41, 5.74) is 3.35. The van der Waals surface area contributed by atoms with Crippen LogP contribution in [0.1, 0.15) is 22.3 Å². The Kier molecular flexibility index (Phi) is 5.91. The molecular formula is C22H20N2O4. The Hall–Kier alpha value is -3.80. The van der Waals surface area contributed by atoms with Crippen LogP contribution in [-0.2, 0) is 0 Å². The normalized spacial score (nSPS) is 11.9. The molecule has 0 aliphatic rings. The van der Waals surface area contributed by atoms with Crippen LogP contribution < -0.4 is 9.47 Å². The van der Waals surface area contributed by atoms with E-state index < -0.39 is 0 Å². The van der Waals surface area contributed by atoms with Gasteiger partial charge in [-0.05, 0) is 48.5 Å². The van der Waals surface area contributed by atoms with Gasteiger partial charge in [0, 0.05) is 22.3 Å².